The molecule has 10 fully saturated rings. The van der Waals surface area contributed by atoms with E-state index < -0.39 is 65.5 Å². The Hall–Kier alpha value is -3.47. The summed E-state index contributed by atoms with van der Waals surface area (Å²) in [6.45, 7) is 9.39. The molecule has 0 amide bonds. The van der Waals surface area contributed by atoms with Gasteiger partial charge < -0.3 is 48.1 Å². The molecule has 11 aliphatic heterocycles. The van der Waals surface area contributed by atoms with Crippen LogP contribution in [0.4, 0.5) is 0 Å². The summed E-state index contributed by atoms with van der Waals surface area (Å²) >= 11 is 0. The number of hydrogen-bond acceptors (Lipinski definition) is 14. The molecule has 2 aliphatic carbocycles. The van der Waals surface area contributed by atoms with Crippen molar-refractivity contribution in [3.63, 3.8) is 0 Å². The topological polar surface area (TPSA) is 200 Å². The summed E-state index contributed by atoms with van der Waals surface area (Å²) in [5, 5.41) is 19.6. The van der Waals surface area contributed by atoms with Crippen LogP contribution in [0.3, 0.4) is 0 Å². The molecule has 0 aromatic carbocycles. The maximum Gasteiger partial charge on any atom is 0.317 e. The molecule has 13 aliphatic rings. The molecule has 64 heavy (non-hydrogen) atoms. The van der Waals surface area contributed by atoms with Gasteiger partial charge in [0.15, 0.2) is 0 Å². The van der Waals surface area contributed by atoms with Gasteiger partial charge in [-0.25, -0.2) is 0 Å². The summed E-state index contributed by atoms with van der Waals surface area (Å²) in [5.74, 6) is -4.00. The fourth-order valence-electron chi connectivity index (χ4n) is 16.7. The number of aliphatic carboxylic acids is 1. The van der Waals surface area contributed by atoms with E-state index in [0.29, 0.717) is 37.5 Å². The average Bonchev–Trinajstić information content (AvgIpc) is 4.07. The van der Waals surface area contributed by atoms with Crippen molar-refractivity contribution in [3.05, 3.63) is 33.4 Å². The lowest BCUT2D eigenvalue weighted by molar-refractivity contribution is -0.163. The standard InChI is InChI=1S/C49H58O15/c1-15-18(37-31-20-8-17(30(31)36(15)60-37)9-25(20)48(56)64-49(3,4)5)10-21-24(41-35-33(38(21)61-41)29-14-27(43(35)59-29)46(54)57-7-6-50)12-23-22(11-19-16(2)45(53)63-47(19)55)40-34-32(39(23)62-40)28-13-26(44(51)52)42(34)58-28/h16-17,19-20,25-43,50H,6-14H2,1-5H3,(H,51,52). The summed E-state index contributed by atoms with van der Waals surface area (Å²) in [7, 11) is 0. The Morgan fingerprint density at radius 1 is 0.656 bits per heavy atom. The molecule has 12 bridgehead atoms. The van der Waals surface area contributed by atoms with E-state index in [4.69, 9.17) is 37.9 Å². The second-order valence-corrected chi connectivity index (χ2v) is 22.6. The molecule has 23 atom stereocenters. The van der Waals surface area contributed by atoms with Crippen LogP contribution in [-0.2, 0) is 61.9 Å². The Kier molecular flexibility index (Phi) is 8.80. The highest BCUT2D eigenvalue weighted by molar-refractivity contribution is 5.96. The van der Waals surface area contributed by atoms with E-state index in [1.54, 1.807) is 6.92 Å². The van der Waals surface area contributed by atoms with E-state index in [-0.39, 0.29) is 116 Å². The third kappa shape index (κ3) is 5.39. The highest BCUT2D eigenvalue weighted by Crippen LogP contribution is 2.69. The predicted molar refractivity (Wildman–Crippen MR) is 216 cm³/mol. The lowest BCUT2D eigenvalue weighted by atomic mass is 9.61. The molecule has 0 aromatic heterocycles. The summed E-state index contributed by atoms with van der Waals surface area (Å²) in [6.07, 6.45) is 1.37. The van der Waals surface area contributed by atoms with Gasteiger partial charge in [0.1, 0.15) is 12.2 Å². The Morgan fingerprint density at radius 2 is 1.23 bits per heavy atom. The first-order valence-corrected chi connectivity index (χ1v) is 24.0. The molecule has 0 spiro atoms. The first kappa shape index (κ1) is 40.8. The monoisotopic (exact) mass is 886 g/mol. The van der Waals surface area contributed by atoms with Crippen molar-refractivity contribution >= 4 is 29.8 Å². The number of ether oxygens (including phenoxy) is 8. The summed E-state index contributed by atoms with van der Waals surface area (Å²) in [4.78, 5) is 65.3. The first-order valence-electron chi connectivity index (χ1n) is 24.0. The number of fused-ring (bicyclic) bond motifs is 27. The smallest absolute Gasteiger partial charge is 0.317 e. The number of carbonyl (C=O) groups is 5. The van der Waals surface area contributed by atoms with Crippen molar-refractivity contribution in [2.24, 2.45) is 76.9 Å². The number of carbonyl (C=O) groups excluding carboxylic acids is 4. The maximum absolute atomic E-state index is 13.6. The van der Waals surface area contributed by atoms with Gasteiger partial charge in [-0.1, -0.05) is 6.92 Å². The van der Waals surface area contributed by atoms with Gasteiger partial charge in [0.05, 0.1) is 97.2 Å². The van der Waals surface area contributed by atoms with Gasteiger partial charge in [-0.15, -0.1) is 0 Å². The fraction of sp³-hybridized carbons (Fsp3) is 0.776. The molecule has 13 rings (SSSR count). The fourth-order valence-corrected chi connectivity index (χ4v) is 16.7. The predicted octanol–water partition coefficient (Wildman–Crippen LogP) is 3.63. The number of cyclic esters (lactones) is 2. The van der Waals surface area contributed by atoms with Crippen molar-refractivity contribution < 1.29 is 72.1 Å². The second-order valence-electron chi connectivity index (χ2n) is 22.6. The van der Waals surface area contributed by atoms with Crippen molar-refractivity contribution in [2.45, 2.75) is 146 Å². The molecule has 11 heterocycles. The van der Waals surface area contributed by atoms with E-state index in [2.05, 4.69) is 6.92 Å². The largest absolute Gasteiger partial charge is 0.481 e. The van der Waals surface area contributed by atoms with E-state index in [1.165, 1.54) is 16.7 Å². The molecule has 0 aromatic rings. The molecule has 15 heteroatoms. The molecule has 8 saturated heterocycles. The highest BCUT2D eigenvalue weighted by atomic mass is 16.6. The summed E-state index contributed by atoms with van der Waals surface area (Å²) in [6, 6.07) is 0. The zero-order valence-electron chi connectivity index (χ0n) is 36.8. The molecule has 23 unspecified atom stereocenters. The van der Waals surface area contributed by atoms with Gasteiger partial charge in [0.2, 0.25) is 0 Å². The highest BCUT2D eigenvalue weighted by Gasteiger charge is 2.72. The van der Waals surface area contributed by atoms with E-state index in [0.717, 1.165) is 29.6 Å². The lowest BCUT2D eigenvalue weighted by Crippen LogP contribution is -2.45. The van der Waals surface area contributed by atoms with Crippen molar-refractivity contribution in [1.29, 1.82) is 0 Å². The van der Waals surface area contributed by atoms with E-state index in [9.17, 15) is 34.2 Å². The maximum atomic E-state index is 13.6. The average molecular weight is 887 g/mol. The first-order chi connectivity index (χ1) is 30.6. The Bertz CT molecular complexity index is 2250. The van der Waals surface area contributed by atoms with Crippen LogP contribution in [-0.4, -0.2) is 120 Å². The zero-order chi connectivity index (χ0) is 44.2. The van der Waals surface area contributed by atoms with Gasteiger partial charge in [-0.2, -0.15) is 0 Å². The van der Waals surface area contributed by atoms with Crippen LogP contribution in [0, 0.1) is 76.9 Å². The number of carboxylic acids is 1. The van der Waals surface area contributed by atoms with E-state index in [1.807, 2.05) is 20.8 Å². The number of hydrogen-bond donors (Lipinski definition) is 2. The molecule has 344 valence electrons. The quantitative estimate of drug-likeness (QED) is 0.132. The Balaban J connectivity index is 0.877. The molecular formula is C49H58O15. The van der Waals surface area contributed by atoms with Gasteiger partial charge in [0.25, 0.3) is 0 Å². The molecule has 2 N–H and O–H groups in total. The minimum atomic E-state index is -0.875. The van der Waals surface area contributed by atoms with Gasteiger partial charge in [-0.05, 0) is 130 Å². The minimum Gasteiger partial charge on any atom is -0.481 e. The third-order valence-electron chi connectivity index (χ3n) is 18.9. The number of rotatable bonds is 11. The SMILES string of the molecule is CC1=C(CC2=C(CC3=C(CC4C(=O)OC(=O)C4C)C4OC3C3C5CC(C(=O)O)C(O5)C43)C3OC2C2C4CC(C(=O)OCCO)C(O4)C32)C2OC1C1C3CC(C(=O)OC(C)(C)C)C(C3)C21. The van der Waals surface area contributed by atoms with Gasteiger partial charge >= 0.3 is 29.8 Å². The van der Waals surface area contributed by atoms with Crippen LogP contribution in [0.1, 0.15) is 79.6 Å². The van der Waals surface area contributed by atoms with Gasteiger partial charge in [-0.3, -0.25) is 24.0 Å². The van der Waals surface area contributed by atoms with Crippen LogP contribution < -0.4 is 0 Å². The normalized spacial score (nSPS) is 50.2. The number of esters is 4. The Labute approximate surface area is 370 Å². The third-order valence-corrected chi connectivity index (χ3v) is 18.9. The van der Waals surface area contributed by atoms with Crippen LogP contribution in [0.5, 0.6) is 0 Å². The zero-order valence-corrected chi connectivity index (χ0v) is 36.8. The molecule has 15 nitrogen and oxygen atoms in total. The van der Waals surface area contributed by atoms with Crippen LogP contribution in [0.2, 0.25) is 0 Å². The summed E-state index contributed by atoms with van der Waals surface area (Å²) < 4.78 is 50.7. The number of aliphatic hydroxyl groups is 1. The second kappa shape index (κ2) is 13.8. The molecule has 0 radical (unpaired) electrons. The van der Waals surface area contributed by atoms with Crippen LogP contribution >= 0.6 is 0 Å². The molecule has 2 saturated carbocycles. The van der Waals surface area contributed by atoms with Crippen molar-refractivity contribution in [3.8, 4) is 0 Å². The minimum absolute atomic E-state index is 0.0147. The van der Waals surface area contributed by atoms with Crippen LogP contribution in [0.15, 0.2) is 33.4 Å². The van der Waals surface area contributed by atoms with Crippen LogP contribution in [0.25, 0.3) is 0 Å². The van der Waals surface area contributed by atoms with E-state index >= 15 is 0 Å². The summed E-state index contributed by atoms with van der Waals surface area (Å²) in [5.41, 5.74) is 6.34. The number of aliphatic hydroxyl groups excluding tert-OH is 1. The van der Waals surface area contributed by atoms with Crippen molar-refractivity contribution in [2.75, 3.05) is 13.2 Å². The van der Waals surface area contributed by atoms with Gasteiger partial charge in [0, 0.05) is 23.7 Å². The molecular weight excluding hydrogens is 829 g/mol. The number of carboxylic acid groups (broad SMARTS) is 1. The van der Waals surface area contributed by atoms with Crippen molar-refractivity contribution in [1.82, 2.24) is 0 Å². The lowest BCUT2D eigenvalue weighted by Gasteiger charge is -2.39. The Morgan fingerprint density at radius 3 is 1.86 bits per heavy atom.